The number of carbonyl (C=O) groups excluding carboxylic acids is 4. The van der Waals surface area contributed by atoms with Gasteiger partial charge in [0.15, 0.2) is 12.4 Å². The fraction of sp³-hybridized carbons (Fsp3) is 0.182. The number of benzene rings is 2. The number of fused-ring (bicyclic) bond motifs is 1. The van der Waals surface area contributed by atoms with Crippen LogP contribution in [0.15, 0.2) is 48.5 Å². The minimum absolute atomic E-state index is 0.110. The van der Waals surface area contributed by atoms with Crippen LogP contribution in [0.1, 0.15) is 44.7 Å². The van der Waals surface area contributed by atoms with Crippen molar-refractivity contribution in [3.8, 4) is 0 Å². The van der Waals surface area contributed by atoms with Gasteiger partial charge in [-0.3, -0.25) is 9.59 Å². The van der Waals surface area contributed by atoms with Gasteiger partial charge in [0.2, 0.25) is 5.91 Å². The number of hydrogen-bond acceptors (Lipinski definition) is 6. The van der Waals surface area contributed by atoms with Crippen molar-refractivity contribution in [2.75, 3.05) is 19.0 Å². The van der Waals surface area contributed by atoms with Crippen molar-refractivity contribution in [1.82, 2.24) is 0 Å². The molecule has 0 saturated carbocycles. The molecule has 0 aliphatic carbocycles. The van der Waals surface area contributed by atoms with Crippen LogP contribution >= 0.6 is 0 Å². The van der Waals surface area contributed by atoms with Crippen molar-refractivity contribution in [2.45, 2.75) is 12.8 Å². The summed E-state index contributed by atoms with van der Waals surface area (Å²) in [6.07, 6.45) is 2.72. The molecule has 0 saturated heterocycles. The molecule has 1 amide bonds. The van der Waals surface area contributed by atoms with Gasteiger partial charge in [-0.15, -0.1) is 0 Å². The average molecular weight is 393 g/mol. The van der Waals surface area contributed by atoms with Crippen molar-refractivity contribution in [3.63, 3.8) is 0 Å². The molecule has 0 bridgehead atoms. The second-order valence-corrected chi connectivity index (χ2v) is 6.49. The van der Waals surface area contributed by atoms with Crippen molar-refractivity contribution in [1.29, 1.82) is 0 Å². The molecule has 3 rings (SSSR count). The maximum absolute atomic E-state index is 12.3. The molecule has 2 aromatic rings. The van der Waals surface area contributed by atoms with Crippen LogP contribution in [0.2, 0.25) is 0 Å². The maximum Gasteiger partial charge on any atom is 0.337 e. The van der Waals surface area contributed by atoms with E-state index in [4.69, 9.17) is 4.74 Å². The number of methoxy groups -OCH3 is 1. The SMILES string of the molecule is COC(=O)c1ccc(/C=C/C(=O)OCC(=O)c2ccc3c(c2)[C@@H](C)C(=O)N3)cc1. The topological polar surface area (TPSA) is 98.8 Å². The Hall–Kier alpha value is -3.74. The molecule has 1 aliphatic heterocycles. The molecule has 7 heteroatoms. The smallest absolute Gasteiger partial charge is 0.337 e. The molecule has 0 spiro atoms. The van der Waals surface area contributed by atoms with Crippen LogP contribution in [-0.2, 0) is 19.1 Å². The molecule has 1 atom stereocenters. The number of esters is 2. The molecule has 0 aromatic heterocycles. The van der Waals surface area contributed by atoms with E-state index >= 15 is 0 Å². The number of rotatable bonds is 6. The summed E-state index contributed by atoms with van der Waals surface area (Å²) in [4.78, 5) is 47.2. The second kappa shape index (κ2) is 8.52. The number of carbonyl (C=O) groups is 4. The Bertz CT molecular complexity index is 1010. The highest BCUT2D eigenvalue weighted by molar-refractivity contribution is 6.05. The monoisotopic (exact) mass is 393 g/mol. The lowest BCUT2D eigenvalue weighted by molar-refractivity contribution is -0.136. The van der Waals surface area contributed by atoms with Gasteiger partial charge in [-0.2, -0.15) is 0 Å². The van der Waals surface area contributed by atoms with E-state index in [1.807, 2.05) is 0 Å². The lowest BCUT2D eigenvalue weighted by Gasteiger charge is -2.06. The molecule has 1 aliphatic rings. The van der Waals surface area contributed by atoms with Crippen molar-refractivity contribution >= 4 is 35.4 Å². The van der Waals surface area contributed by atoms with Crippen LogP contribution in [0.4, 0.5) is 5.69 Å². The summed E-state index contributed by atoms with van der Waals surface area (Å²) in [5, 5.41) is 2.74. The van der Waals surface area contributed by atoms with Gasteiger partial charge >= 0.3 is 11.9 Å². The van der Waals surface area contributed by atoms with E-state index in [1.165, 1.54) is 19.3 Å². The molecular formula is C22H19NO6. The van der Waals surface area contributed by atoms with Gasteiger partial charge in [0.05, 0.1) is 18.6 Å². The molecule has 29 heavy (non-hydrogen) atoms. The third-order valence-corrected chi connectivity index (χ3v) is 4.58. The van der Waals surface area contributed by atoms with Gasteiger partial charge in [-0.1, -0.05) is 12.1 Å². The number of nitrogens with one attached hydrogen (secondary N) is 1. The van der Waals surface area contributed by atoms with Gasteiger partial charge in [0.1, 0.15) is 0 Å². The molecule has 0 unspecified atom stereocenters. The summed E-state index contributed by atoms with van der Waals surface area (Å²) < 4.78 is 9.61. The van der Waals surface area contributed by atoms with Crippen LogP contribution in [-0.4, -0.2) is 37.3 Å². The van der Waals surface area contributed by atoms with Crippen molar-refractivity contribution < 1.29 is 28.7 Å². The van der Waals surface area contributed by atoms with Crippen LogP contribution < -0.4 is 5.32 Å². The van der Waals surface area contributed by atoms with Gasteiger partial charge in [-0.05, 0) is 54.5 Å². The number of anilines is 1. The number of ketones is 1. The largest absolute Gasteiger partial charge is 0.465 e. The molecular weight excluding hydrogens is 374 g/mol. The fourth-order valence-electron chi connectivity index (χ4n) is 2.87. The van der Waals surface area contributed by atoms with E-state index in [1.54, 1.807) is 49.4 Å². The Morgan fingerprint density at radius 3 is 2.45 bits per heavy atom. The zero-order valence-corrected chi connectivity index (χ0v) is 15.9. The van der Waals surface area contributed by atoms with Crippen LogP contribution in [0.5, 0.6) is 0 Å². The van der Waals surface area contributed by atoms with E-state index in [9.17, 15) is 19.2 Å². The molecule has 148 valence electrons. The van der Waals surface area contributed by atoms with Crippen molar-refractivity contribution in [3.05, 3.63) is 70.8 Å². The zero-order chi connectivity index (χ0) is 21.0. The molecule has 1 N–H and O–H groups in total. The normalized spacial score (nSPS) is 15.0. The van der Waals surface area contributed by atoms with Crippen LogP contribution in [0, 0.1) is 0 Å². The van der Waals surface area contributed by atoms with Crippen molar-refractivity contribution in [2.24, 2.45) is 0 Å². The first-order chi connectivity index (χ1) is 13.9. The van der Waals surface area contributed by atoms with Crippen LogP contribution in [0.25, 0.3) is 6.08 Å². The minimum Gasteiger partial charge on any atom is -0.465 e. The highest BCUT2D eigenvalue weighted by Crippen LogP contribution is 2.32. The van der Waals surface area contributed by atoms with Gasteiger partial charge in [0, 0.05) is 17.3 Å². The standard InChI is InChI=1S/C22H19NO6/c1-13-17-11-16(8-9-18(17)23-21(13)26)19(24)12-29-20(25)10-5-14-3-6-15(7-4-14)22(27)28-2/h3-11,13H,12H2,1-2H3,(H,23,26)/b10-5+/t13-/m1/s1. The van der Waals surface area contributed by atoms with E-state index in [0.717, 1.165) is 5.56 Å². The quantitative estimate of drug-likeness (QED) is 0.460. The number of hydrogen-bond donors (Lipinski definition) is 1. The lowest BCUT2D eigenvalue weighted by Crippen LogP contribution is -2.13. The summed E-state index contributed by atoms with van der Waals surface area (Å²) in [6.45, 7) is 1.36. The first kappa shape index (κ1) is 20.0. The number of amides is 1. The third kappa shape index (κ3) is 4.57. The predicted molar refractivity (Wildman–Crippen MR) is 106 cm³/mol. The Morgan fingerprint density at radius 2 is 1.76 bits per heavy atom. The molecule has 1 heterocycles. The number of Topliss-reactive ketones (excluding diaryl/α,β-unsaturated/α-hetero) is 1. The first-order valence-electron chi connectivity index (χ1n) is 8.90. The fourth-order valence-corrected chi connectivity index (χ4v) is 2.87. The highest BCUT2D eigenvalue weighted by atomic mass is 16.5. The van der Waals surface area contributed by atoms with Crippen LogP contribution in [0.3, 0.4) is 0 Å². The summed E-state index contributed by atoms with van der Waals surface area (Å²) in [6, 6.07) is 11.4. The predicted octanol–water partition coefficient (Wildman–Crippen LogP) is 2.97. The summed E-state index contributed by atoms with van der Waals surface area (Å²) in [5.41, 5.74) is 2.91. The van der Waals surface area contributed by atoms with E-state index in [-0.39, 0.29) is 17.6 Å². The summed E-state index contributed by atoms with van der Waals surface area (Å²) in [5.74, 6) is -1.90. The Labute approximate surface area is 167 Å². The molecule has 0 radical (unpaired) electrons. The Morgan fingerprint density at radius 1 is 1.07 bits per heavy atom. The van der Waals surface area contributed by atoms with Gasteiger partial charge in [0.25, 0.3) is 0 Å². The van der Waals surface area contributed by atoms with E-state index in [0.29, 0.717) is 22.4 Å². The molecule has 0 fully saturated rings. The molecule has 7 nitrogen and oxygen atoms in total. The number of ether oxygens (including phenoxy) is 2. The molecule has 2 aromatic carbocycles. The van der Waals surface area contributed by atoms with E-state index in [2.05, 4.69) is 10.1 Å². The summed E-state index contributed by atoms with van der Waals surface area (Å²) >= 11 is 0. The summed E-state index contributed by atoms with van der Waals surface area (Å²) in [7, 11) is 1.30. The third-order valence-electron chi connectivity index (χ3n) is 4.58. The average Bonchev–Trinajstić information content (AvgIpc) is 3.03. The van der Waals surface area contributed by atoms with Gasteiger partial charge < -0.3 is 14.8 Å². The maximum atomic E-state index is 12.3. The highest BCUT2D eigenvalue weighted by Gasteiger charge is 2.27. The zero-order valence-electron chi connectivity index (χ0n) is 15.9. The minimum atomic E-state index is -0.665. The Balaban J connectivity index is 1.55. The van der Waals surface area contributed by atoms with E-state index < -0.39 is 18.5 Å². The first-order valence-corrected chi connectivity index (χ1v) is 8.90. The second-order valence-electron chi connectivity index (χ2n) is 6.49. The lowest BCUT2D eigenvalue weighted by atomic mass is 9.99. The van der Waals surface area contributed by atoms with Gasteiger partial charge in [-0.25, -0.2) is 9.59 Å². The Kier molecular flexibility index (Phi) is 5.87.